The third-order valence-corrected chi connectivity index (χ3v) is 2.24. The minimum absolute atomic E-state index is 0.166. The third kappa shape index (κ3) is 2.04. The fourth-order valence-corrected chi connectivity index (χ4v) is 1.14. The van der Waals surface area contributed by atoms with Crippen LogP contribution in [0.25, 0.3) is 0 Å². The largest absolute Gasteiger partial charge is 0.379 e. The maximum absolute atomic E-state index is 5.61. The molecular weight excluding hydrogens is 138 g/mol. The van der Waals surface area contributed by atoms with Gasteiger partial charge in [-0.15, -0.1) is 0 Å². The second-order valence-electron chi connectivity index (χ2n) is 3.43. The summed E-state index contributed by atoms with van der Waals surface area (Å²) in [4.78, 5) is 0. The highest BCUT2D eigenvalue weighted by Gasteiger charge is 2.33. The molecule has 0 aromatic carbocycles. The lowest BCUT2D eigenvalue weighted by Crippen LogP contribution is -2.40. The van der Waals surface area contributed by atoms with Crippen molar-refractivity contribution in [3.8, 4) is 0 Å². The second-order valence-corrected chi connectivity index (χ2v) is 3.43. The van der Waals surface area contributed by atoms with Crippen molar-refractivity contribution in [1.82, 2.24) is 0 Å². The SMILES string of the molecule is CCC1(/C=C/C(C)N)COC1. The number of rotatable bonds is 3. The Morgan fingerprint density at radius 3 is 2.55 bits per heavy atom. The molecule has 0 radical (unpaired) electrons. The first kappa shape index (κ1) is 8.75. The van der Waals surface area contributed by atoms with Crippen LogP contribution in [0.2, 0.25) is 0 Å². The minimum atomic E-state index is 0.166. The number of ether oxygens (including phenoxy) is 1. The van der Waals surface area contributed by atoms with Gasteiger partial charge in [0.25, 0.3) is 0 Å². The lowest BCUT2D eigenvalue weighted by molar-refractivity contribution is -0.0838. The summed E-state index contributed by atoms with van der Waals surface area (Å²) in [6.45, 7) is 5.91. The van der Waals surface area contributed by atoms with Crippen molar-refractivity contribution in [1.29, 1.82) is 0 Å². The predicted octanol–water partition coefficient (Wildman–Crippen LogP) is 1.32. The van der Waals surface area contributed by atoms with E-state index in [-0.39, 0.29) is 6.04 Å². The van der Waals surface area contributed by atoms with Gasteiger partial charge in [0.05, 0.1) is 13.2 Å². The van der Waals surface area contributed by atoms with Gasteiger partial charge in [0, 0.05) is 11.5 Å². The highest BCUT2D eigenvalue weighted by Crippen LogP contribution is 2.32. The van der Waals surface area contributed by atoms with E-state index in [1.807, 2.05) is 6.92 Å². The molecule has 2 nitrogen and oxygen atoms in total. The van der Waals surface area contributed by atoms with Crippen LogP contribution in [0.3, 0.4) is 0 Å². The predicted molar refractivity (Wildman–Crippen MR) is 46.3 cm³/mol. The first-order chi connectivity index (χ1) is 5.18. The van der Waals surface area contributed by atoms with Crippen LogP contribution in [0.4, 0.5) is 0 Å². The Bertz CT molecular complexity index is 142. The minimum Gasteiger partial charge on any atom is -0.379 e. The van der Waals surface area contributed by atoms with Gasteiger partial charge in [0.2, 0.25) is 0 Å². The molecule has 2 heteroatoms. The molecule has 1 fully saturated rings. The molecule has 0 spiro atoms. The molecule has 2 N–H and O–H groups in total. The molecule has 1 atom stereocenters. The monoisotopic (exact) mass is 155 g/mol. The topological polar surface area (TPSA) is 35.2 Å². The Morgan fingerprint density at radius 1 is 1.64 bits per heavy atom. The molecule has 1 aliphatic rings. The summed E-state index contributed by atoms with van der Waals surface area (Å²) in [6, 6.07) is 0.166. The van der Waals surface area contributed by atoms with Gasteiger partial charge < -0.3 is 10.5 Å². The number of hydrogen-bond donors (Lipinski definition) is 1. The standard InChI is InChI=1S/C9H17NO/c1-3-9(6-11-7-9)5-4-8(2)10/h4-5,8H,3,6-7,10H2,1-2H3/b5-4+. The van der Waals surface area contributed by atoms with Crippen molar-refractivity contribution in [2.45, 2.75) is 26.3 Å². The molecular formula is C9H17NO. The lowest BCUT2D eigenvalue weighted by Gasteiger charge is -2.38. The first-order valence-electron chi connectivity index (χ1n) is 4.21. The van der Waals surface area contributed by atoms with Crippen LogP contribution < -0.4 is 5.73 Å². The summed E-state index contributed by atoms with van der Waals surface area (Å²) in [5.41, 5.74) is 5.92. The summed E-state index contributed by atoms with van der Waals surface area (Å²) in [5.74, 6) is 0. The summed E-state index contributed by atoms with van der Waals surface area (Å²) in [5, 5.41) is 0. The normalized spacial score (nSPS) is 25.0. The first-order valence-corrected chi connectivity index (χ1v) is 4.21. The van der Waals surface area contributed by atoms with Crippen molar-refractivity contribution in [3.05, 3.63) is 12.2 Å². The Balaban J connectivity index is 2.44. The van der Waals surface area contributed by atoms with Gasteiger partial charge in [0.15, 0.2) is 0 Å². The van der Waals surface area contributed by atoms with E-state index in [0.717, 1.165) is 19.6 Å². The Kier molecular flexibility index (Phi) is 2.68. The maximum Gasteiger partial charge on any atom is 0.0579 e. The van der Waals surface area contributed by atoms with Crippen LogP contribution in [0, 0.1) is 5.41 Å². The van der Waals surface area contributed by atoms with Gasteiger partial charge in [-0.25, -0.2) is 0 Å². The van der Waals surface area contributed by atoms with Crippen LogP contribution in [-0.4, -0.2) is 19.3 Å². The molecule has 0 aromatic rings. The van der Waals surface area contributed by atoms with E-state index >= 15 is 0 Å². The van der Waals surface area contributed by atoms with Crippen LogP contribution in [-0.2, 0) is 4.74 Å². The zero-order valence-electron chi connectivity index (χ0n) is 7.34. The molecule has 0 bridgehead atoms. The Labute approximate surface area is 68.4 Å². The molecule has 0 amide bonds. The molecule has 1 unspecified atom stereocenters. The average molecular weight is 155 g/mol. The lowest BCUT2D eigenvalue weighted by atomic mass is 9.82. The summed E-state index contributed by atoms with van der Waals surface area (Å²) in [6.07, 6.45) is 5.42. The van der Waals surface area contributed by atoms with Gasteiger partial charge in [-0.2, -0.15) is 0 Å². The summed E-state index contributed by atoms with van der Waals surface area (Å²) in [7, 11) is 0. The van der Waals surface area contributed by atoms with E-state index in [1.54, 1.807) is 0 Å². The van der Waals surface area contributed by atoms with Crippen LogP contribution in [0.1, 0.15) is 20.3 Å². The van der Waals surface area contributed by atoms with Gasteiger partial charge in [-0.3, -0.25) is 0 Å². The van der Waals surface area contributed by atoms with E-state index in [2.05, 4.69) is 19.1 Å². The molecule has 64 valence electrons. The van der Waals surface area contributed by atoms with Gasteiger partial charge in [0.1, 0.15) is 0 Å². The molecule has 1 saturated heterocycles. The average Bonchev–Trinajstić information content (AvgIpc) is 1.86. The highest BCUT2D eigenvalue weighted by atomic mass is 16.5. The number of hydrogen-bond acceptors (Lipinski definition) is 2. The Morgan fingerprint density at radius 2 is 2.27 bits per heavy atom. The zero-order chi connectivity index (χ0) is 8.32. The molecule has 0 aliphatic carbocycles. The zero-order valence-corrected chi connectivity index (χ0v) is 7.34. The van der Waals surface area contributed by atoms with E-state index in [4.69, 9.17) is 10.5 Å². The van der Waals surface area contributed by atoms with Gasteiger partial charge >= 0.3 is 0 Å². The van der Waals surface area contributed by atoms with Crippen LogP contribution in [0.5, 0.6) is 0 Å². The molecule has 1 aliphatic heterocycles. The molecule has 0 saturated carbocycles. The number of nitrogens with two attached hydrogens (primary N) is 1. The van der Waals surface area contributed by atoms with Crippen molar-refractivity contribution in [2.75, 3.05) is 13.2 Å². The quantitative estimate of drug-likeness (QED) is 0.624. The maximum atomic E-state index is 5.61. The van der Waals surface area contributed by atoms with Crippen LogP contribution >= 0.6 is 0 Å². The molecule has 0 aromatic heterocycles. The molecule has 1 rings (SSSR count). The second kappa shape index (κ2) is 3.37. The van der Waals surface area contributed by atoms with Gasteiger partial charge in [-0.05, 0) is 13.3 Å². The molecule has 11 heavy (non-hydrogen) atoms. The van der Waals surface area contributed by atoms with Crippen molar-refractivity contribution in [2.24, 2.45) is 11.1 Å². The van der Waals surface area contributed by atoms with E-state index in [9.17, 15) is 0 Å². The van der Waals surface area contributed by atoms with Crippen LogP contribution in [0.15, 0.2) is 12.2 Å². The highest BCUT2D eigenvalue weighted by molar-refractivity contribution is 5.05. The summed E-state index contributed by atoms with van der Waals surface area (Å²) >= 11 is 0. The van der Waals surface area contributed by atoms with E-state index in [1.165, 1.54) is 0 Å². The van der Waals surface area contributed by atoms with E-state index in [0.29, 0.717) is 5.41 Å². The Hall–Kier alpha value is -0.340. The fraction of sp³-hybridized carbons (Fsp3) is 0.778. The van der Waals surface area contributed by atoms with Crippen molar-refractivity contribution < 1.29 is 4.74 Å². The van der Waals surface area contributed by atoms with E-state index < -0.39 is 0 Å². The van der Waals surface area contributed by atoms with Gasteiger partial charge in [-0.1, -0.05) is 19.1 Å². The third-order valence-electron chi connectivity index (χ3n) is 2.24. The molecule has 1 heterocycles. The fourth-order valence-electron chi connectivity index (χ4n) is 1.14. The van der Waals surface area contributed by atoms with Crippen molar-refractivity contribution in [3.63, 3.8) is 0 Å². The van der Waals surface area contributed by atoms with Crippen molar-refractivity contribution >= 4 is 0 Å². The smallest absolute Gasteiger partial charge is 0.0579 e. The summed E-state index contributed by atoms with van der Waals surface area (Å²) < 4.78 is 5.17.